The van der Waals surface area contributed by atoms with Crippen molar-refractivity contribution < 1.29 is 0 Å². The molecule has 1 aliphatic carbocycles. The van der Waals surface area contributed by atoms with Crippen LogP contribution in [0.3, 0.4) is 0 Å². The third-order valence-electron chi connectivity index (χ3n) is 3.06. The molecule has 0 radical (unpaired) electrons. The van der Waals surface area contributed by atoms with E-state index in [2.05, 4.69) is 41.6 Å². The summed E-state index contributed by atoms with van der Waals surface area (Å²) in [7, 11) is 1.99. The molecule has 0 amide bonds. The van der Waals surface area contributed by atoms with Crippen LogP contribution >= 0.6 is 0 Å². The maximum absolute atomic E-state index is 4.22. The molecule has 1 aromatic heterocycles. The fourth-order valence-corrected chi connectivity index (χ4v) is 1.87. The molecule has 0 fully saturated rings. The maximum atomic E-state index is 4.22. The lowest BCUT2D eigenvalue weighted by Gasteiger charge is -2.10. The highest BCUT2D eigenvalue weighted by atomic mass is 15.3. The third kappa shape index (κ3) is 3.17. The van der Waals surface area contributed by atoms with Gasteiger partial charge >= 0.3 is 0 Å². The van der Waals surface area contributed by atoms with Crippen molar-refractivity contribution in [3.8, 4) is 0 Å². The Labute approximate surface area is 103 Å². The zero-order chi connectivity index (χ0) is 12.1. The van der Waals surface area contributed by atoms with E-state index in [1.807, 2.05) is 30.2 Å². The highest BCUT2D eigenvalue weighted by Crippen LogP contribution is 2.14. The number of hydrogen-bond donors (Lipinski definition) is 1. The summed E-state index contributed by atoms with van der Waals surface area (Å²) in [6, 6.07) is 2.36. The minimum Gasteiger partial charge on any atom is -0.313 e. The number of allylic oxidation sites excluding steroid dienone is 4. The fraction of sp³-hybridized carbons (Fsp3) is 0.357. The van der Waals surface area contributed by atoms with Crippen molar-refractivity contribution in [1.29, 1.82) is 0 Å². The van der Waals surface area contributed by atoms with Gasteiger partial charge < -0.3 is 5.32 Å². The number of likely N-dealkylation sites (N-methyl/N-ethyl adjacent to an activating group) is 1. The van der Waals surface area contributed by atoms with Crippen LogP contribution in [0.15, 0.2) is 53.9 Å². The third-order valence-corrected chi connectivity index (χ3v) is 3.06. The minimum absolute atomic E-state index is 0.406. The summed E-state index contributed by atoms with van der Waals surface area (Å²) in [6.07, 6.45) is 13.7. The van der Waals surface area contributed by atoms with Gasteiger partial charge in [-0.2, -0.15) is 5.10 Å². The predicted octanol–water partition coefficient (Wildman–Crippen LogP) is 2.30. The number of hydrogen-bond acceptors (Lipinski definition) is 2. The first-order valence-electron chi connectivity index (χ1n) is 6.01. The lowest BCUT2D eigenvalue weighted by molar-refractivity contribution is 0.684. The predicted molar refractivity (Wildman–Crippen MR) is 70.7 cm³/mol. The lowest BCUT2D eigenvalue weighted by Crippen LogP contribution is -2.22. The molecule has 1 N–H and O–H groups in total. The maximum Gasteiger partial charge on any atom is 0.0656 e. The van der Waals surface area contributed by atoms with E-state index in [1.165, 1.54) is 11.1 Å². The van der Waals surface area contributed by atoms with Crippen LogP contribution in [0.2, 0.25) is 0 Å². The molecular weight excluding hydrogens is 210 g/mol. The Balaban J connectivity index is 2.02. The quantitative estimate of drug-likeness (QED) is 0.858. The first-order chi connectivity index (χ1) is 8.29. The van der Waals surface area contributed by atoms with E-state index in [-0.39, 0.29) is 0 Å². The van der Waals surface area contributed by atoms with Gasteiger partial charge in [-0.1, -0.05) is 24.3 Å². The van der Waals surface area contributed by atoms with Crippen molar-refractivity contribution in [3.05, 3.63) is 53.9 Å². The highest BCUT2D eigenvalue weighted by Gasteiger charge is 2.05. The standard InChI is InChI=1S/C14H19N3/c1-12(15-2)14-6-3-5-13(7-8-14)11-17-10-4-9-16-17/h4-10,12,15H,3,11H2,1-2H3. The van der Waals surface area contributed by atoms with Crippen molar-refractivity contribution in [2.24, 2.45) is 0 Å². The first kappa shape index (κ1) is 11.9. The molecule has 90 valence electrons. The molecule has 3 heteroatoms. The largest absolute Gasteiger partial charge is 0.313 e. The summed E-state index contributed by atoms with van der Waals surface area (Å²) in [6.45, 7) is 3.02. The molecule has 1 heterocycles. The molecule has 1 aromatic rings. The van der Waals surface area contributed by atoms with E-state index in [1.54, 1.807) is 0 Å². The molecule has 0 aromatic carbocycles. The van der Waals surface area contributed by atoms with Crippen LogP contribution in [-0.2, 0) is 6.54 Å². The Hall–Kier alpha value is -1.61. The number of rotatable bonds is 4. The molecule has 0 aliphatic heterocycles. The molecule has 3 nitrogen and oxygen atoms in total. The van der Waals surface area contributed by atoms with Crippen molar-refractivity contribution in [2.45, 2.75) is 25.9 Å². The van der Waals surface area contributed by atoms with Gasteiger partial charge in [-0.3, -0.25) is 4.68 Å². The fourth-order valence-electron chi connectivity index (χ4n) is 1.87. The summed E-state index contributed by atoms with van der Waals surface area (Å²) in [4.78, 5) is 0. The number of nitrogens with one attached hydrogen (secondary N) is 1. The van der Waals surface area contributed by atoms with E-state index < -0.39 is 0 Å². The topological polar surface area (TPSA) is 29.9 Å². The van der Waals surface area contributed by atoms with E-state index >= 15 is 0 Å². The molecule has 0 saturated carbocycles. The van der Waals surface area contributed by atoms with Crippen molar-refractivity contribution >= 4 is 0 Å². The smallest absolute Gasteiger partial charge is 0.0656 e. The van der Waals surface area contributed by atoms with Crippen LogP contribution in [0.5, 0.6) is 0 Å². The minimum atomic E-state index is 0.406. The normalized spacial score (nSPS) is 17.3. The second-order valence-corrected chi connectivity index (χ2v) is 4.27. The van der Waals surface area contributed by atoms with Gasteiger partial charge in [0.05, 0.1) is 6.54 Å². The summed E-state index contributed by atoms with van der Waals surface area (Å²) in [5.74, 6) is 0. The van der Waals surface area contributed by atoms with Gasteiger partial charge in [-0.25, -0.2) is 0 Å². The molecular formula is C14H19N3. The van der Waals surface area contributed by atoms with Gasteiger partial charge in [0.15, 0.2) is 0 Å². The molecule has 17 heavy (non-hydrogen) atoms. The van der Waals surface area contributed by atoms with Crippen LogP contribution in [-0.4, -0.2) is 22.9 Å². The molecule has 0 spiro atoms. The molecule has 1 unspecified atom stereocenters. The second-order valence-electron chi connectivity index (χ2n) is 4.27. The van der Waals surface area contributed by atoms with E-state index in [9.17, 15) is 0 Å². The van der Waals surface area contributed by atoms with E-state index in [0.29, 0.717) is 6.04 Å². The summed E-state index contributed by atoms with van der Waals surface area (Å²) in [5.41, 5.74) is 2.66. The number of nitrogens with zero attached hydrogens (tertiary/aromatic N) is 2. The lowest BCUT2D eigenvalue weighted by atomic mass is 10.1. The zero-order valence-corrected chi connectivity index (χ0v) is 10.4. The monoisotopic (exact) mass is 229 g/mol. The second kappa shape index (κ2) is 5.64. The Morgan fingerprint density at radius 3 is 3.00 bits per heavy atom. The molecule has 2 rings (SSSR count). The average molecular weight is 229 g/mol. The molecule has 1 aliphatic rings. The van der Waals surface area contributed by atoms with Crippen molar-refractivity contribution in [1.82, 2.24) is 15.1 Å². The SMILES string of the molecule is CNC(C)C1=CCC=C(Cn2cccn2)C=C1. The van der Waals surface area contributed by atoms with Gasteiger partial charge in [0.25, 0.3) is 0 Å². The first-order valence-corrected chi connectivity index (χ1v) is 6.01. The van der Waals surface area contributed by atoms with E-state index in [0.717, 1.165) is 13.0 Å². The Morgan fingerprint density at radius 1 is 1.41 bits per heavy atom. The molecule has 0 bridgehead atoms. The summed E-state index contributed by atoms with van der Waals surface area (Å²) < 4.78 is 1.95. The Bertz CT molecular complexity index is 438. The van der Waals surface area contributed by atoms with Gasteiger partial charge in [0, 0.05) is 18.4 Å². The van der Waals surface area contributed by atoms with Crippen LogP contribution in [0.1, 0.15) is 13.3 Å². The highest BCUT2D eigenvalue weighted by molar-refractivity contribution is 5.34. The van der Waals surface area contributed by atoms with Gasteiger partial charge in [0.2, 0.25) is 0 Å². The van der Waals surface area contributed by atoms with Gasteiger partial charge in [0.1, 0.15) is 0 Å². The van der Waals surface area contributed by atoms with Crippen LogP contribution < -0.4 is 5.32 Å². The Kier molecular flexibility index (Phi) is 3.94. The summed E-state index contributed by atoms with van der Waals surface area (Å²) in [5, 5.41) is 7.49. The van der Waals surface area contributed by atoms with Crippen LogP contribution in [0.25, 0.3) is 0 Å². The van der Waals surface area contributed by atoms with Gasteiger partial charge in [-0.15, -0.1) is 0 Å². The Morgan fingerprint density at radius 2 is 2.29 bits per heavy atom. The molecule has 0 saturated heterocycles. The van der Waals surface area contributed by atoms with E-state index in [4.69, 9.17) is 0 Å². The van der Waals surface area contributed by atoms with Crippen LogP contribution in [0.4, 0.5) is 0 Å². The van der Waals surface area contributed by atoms with Crippen molar-refractivity contribution in [3.63, 3.8) is 0 Å². The zero-order valence-electron chi connectivity index (χ0n) is 10.4. The molecule has 1 atom stereocenters. The van der Waals surface area contributed by atoms with Crippen LogP contribution in [0, 0.1) is 0 Å². The van der Waals surface area contributed by atoms with Gasteiger partial charge in [-0.05, 0) is 37.6 Å². The summed E-state index contributed by atoms with van der Waals surface area (Å²) >= 11 is 0. The average Bonchev–Trinajstić information content (AvgIpc) is 2.73. The number of aromatic nitrogens is 2. The van der Waals surface area contributed by atoms with Crippen molar-refractivity contribution in [2.75, 3.05) is 7.05 Å².